The van der Waals surface area contributed by atoms with Crippen LogP contribution in [0.15, 0.2) is 41.1 Å². The number of anilines is 2. The smallest absolute Gasteiger partial charge is 0.163 e. The minimum Gasteiger partial charge on any atom is -0.493 e. The van der Waals surface area contributed by atoms with Gasteiger partial charge in [-0.25, -0.2) is 9.97 Å². The fourth-order valence-electron chi connectivity index (χ4n) is 2.91. The highest BCUT2D eigenvalue weighted by atomic mass is 79.9. The second-order valence-corrected chi connectivity index (χ2v) is 7.36. The zero-order valence-corrected chi connectivity index (χ0v) is 16.9. The van der Waals surface area contributed by atoms with Crippen molar-refractivity contribution in [3.05, 3.63) is 46.2 Å². The molecule has 0 amide bonds. The minimum atomic E-state index is 0.0284. The number of methoxy groups -OCH3 is 1. The number of nitrogens with zero attached hydrogens (tertiary/aromatic N) is 2. The molecule has 0 radical (unpaired) electrons. The molecule has 3 aromatic rings. The van der Waals surface area contributed by atoms with E-state index in [1.807, 2.05) is 30.3 Å². The van der Waals surface area contributed by atoms with Gasteiger partial charge < -0.3 is 19.5 Å². The largest absolute Gasteiger partial charge is 0.493 e. The number of halogens is 2. The maximum Gasteiger partial charge on any atom is 0.163 e. The lowest BCUT2D eigenvalue weighted by Gasteiger charge is -2.16. The molecular weight excluding hydrogens is 434 g/mol. The third-order valence-electron chi connectivity index (χ3n) is 4.28. The van der Waals surface area contributed by atoms with Crippen LogP contribution in [0.25, 0.3) is 10.9 Å². The molecule has 1 aliphatic rings. The van der Waals surface area contributed by atoms with Crippen molar-refractivity contribution in [1.29, 1.82) is 0 Å². The molecule has 1 aliphatic heterocycles. The molecular formula is C19H17BrClN3O3. The molecule has 0 unspecified atom stereocenters. The van der Waals surface area contributed by atoms with Crippen molar-refractivity contribution < 1.29 is 14.2 Å². The van der Waals surface area contributed by atoms with Crippen LogP contribution in [0.3, 0.4) is 0 Å². The first-order valence-electron chi connectivity index (χ1n) is 8.43. The van der Waals surface area contributed by atoms with Gasteiger partial charge in [-0.2, -0.15) is 0 Å². The third-order valence-corrected chi connectivity index (χ3v) is 5.52. The molecule has 1 aromatic heterocycles. The summed E-state index contributed by atoms with van der Waals surface area (Å²) in [5.41, 5.74) is 1.58. The predicted molar refractivity (Wildman–Crippen MR) is 108 cm³/mol. The Morgan fingerprint density at radius 3 is 2.85 bits per heavy atom. The maximum atomic E-state index is 6.18. The summed E-state index contributed by atoms with van der Waals surface area (Å²) in [6.07, 6.45) is 2.41. The summed E-state index contributed by atoms with van der Waals surface area (Å²) in [5, 5.41) is 4.72. The van der Waals surface area contributed by atoms with Crippen LogP contribution in [0, 0.1) is 0 Å². The van der Waals surface area contributed by atoms with Crippen molar-refractivity contribution in [3.8, 4) is 11.5 Å². The molecule has 1 saturated heterocycles. The van der Waals surface area contributed by atoms with Crippen LogP contribution >= 0.6 is 27.5 Å². The maximum absolute atomic E-state index is 6.18. The predicted octanol–water partition coefficient (Wildman–Crippen LogP) is 4.97. The summed E-state index contributed by atoms with van der Waals surface area (Å²) in [5.74, 6) is 1.94. The van der Waals surface area contributed by atoms with E-state index >= 15 is 0 Å². The first kappa shape index (κ1) is 18.3. The number of aromatic nitrogens is 2. The highest BCUT2D eigenvalue weighted by molar-refractivity contribution is 9.10. The van der Waals surface area contributed by atoms with Crippen molar-refractivity contribution in [2.45, 2.75) is 12.5 Å². The van der Waals surface area contributed by atoms with E-state index in [0.29, 0.717) is 35.6 Å². The summed E-state index contributed by atoms with van der Waals surface area (Å²) < 4.78 is 17.8. The Kier molecular flexibility index (Phi) is 5.33. The van der Waals surface area contributed by atoms with Crippen LogP contribution in [0.4, 0.5) is 11.5 Å². The van der Waals surface area contributed by atoms with Crippen molar-refractivity contribution in [1.82, 2.24) is 9.97 Å². The summed E-state index contributed by atoms with van der Waals surface area (Å²) >= 11 is 9.57. The molecule has 6 nitrogen and oxygen atoms in total. The average Bonchev–Trinajstić information content (AvgIpc) is 3.17. The Morgan fingerprint density at radius 2 is 2.11 bits per heavy atom. The van der Waals surface area contributed by atoms with Gasteiger partial charge in [-0.1, -0.05) is 11.6 Å². The number of benzene rings is 2. The lowest BCUT2D eigenvalue weighted by molar-refractivity contribution is 0.139. The number of hydrogen-bond donors (Lipinski definition) is 1. The molecule has 1 fully saturated rings. The van der Waals surface area contributed by atoms with Crippen LogP contribution in [-0.4, -0.2) is 36.4 Å². The van der Waals surface area contributed by atoms with Gasteiger partial charge in [0.05, 0.1) is 30.9 Å². The molecule has 2 heterocycles. The molecule has 0 aliphatic carbocycles. The van der Waals surface area contributed by atoms with Gasteiger partial charge in [0.15, 0.2) is 11.5 Å². The van der Waals surface area contributed by atoms with E-state index in [4.69, 9.17) is 25.8 Å². The van der Waals surface area contributed by atoms with Crippen LogP contribution in [0.2, 0.25) is 5.02 Å². The average molecular weight is 451 g/mol. The molecule has 27 heavy (non-hydrogen) atoms. The molecule has 1 atom stereocenters. The molecule has 8 heteroatoms. The molecule has 4 rings (SSSR count). The molecule has 0 bridgehead atoms. The van der Waals surface area contributed by atoms with E-state index in [0.717, 1.165) is 27.5 Å². The van der Waals surface area contributed by atoms with Crippen molar-refractivity contribution >= 4 is 49.9 Å². The number of fused-ring (bicyclic) bond motifs is 1. The van der Waals surface area contributed by atoms with E-state index in [-0.39, 0.29) is 6.10 Å². The molecule has 1 N–H and O–H groups in total. The van der Waals surface area contributed by atoms with Gasteiger partial charge >= 0.3 is 0 Å². The van der Waals surface area contributed by atoms with Gasteiger partial charge in [-0.3, -0.25) is 0 Å². The Balaban J connectivity index is 1.70. The topological polar surface area (TPSA) is 65.5 Å². The van der Waals surface area contributed by atoms with Gasteiger partial charge in [0.25, 0.3) is 0 Å². The van der Waals surface area contributed by atoms with Gasteiger partial charge in [0.1, 0.15) is 18.2 Å². The quantitative estimate of drug-likeness (QED) is 0.592. The van der Waals surface area contributed by atoms with Gasteiger partial charge in [0, 0.05) is 28.0 Å². The lowest BCUT2D eigenvalue weighted by Crippen LogP contribution is -2.16. The van der Waals surface area contributed by atoms with Crippen molar-refractivity contribution in [3.63, 3.8) is 0 Å². The fourth-order valence-corrected chi connectivity index (χ4v) is 3.34. The number of rotatable bonds is 5. The normalized spacial score (nSPS) is 16.5. The van der Waals surface area contributed by atoms with Crippen LogP contribution < -0.4 is 14.8 Å². The summed E-state index contributed by atoms with van der Waals surface area (Å²) in [7, 11) is 1.62. The second-order valence-electron chi connectivity index (χ2n) is 6.10. The second kappa shape index (κ2) is 7.88. The van der Waals surface area contributed by atoms with E-state index in [1.165, 1.54) is 6.33 Å². The lowest BCUT2D eigenvalue weighted by atomic mass is 10.2. The summed E-state index contributed by atoms with van der Waals surface area (Å²) in [6, 6.07) is 9.37. The molecule has 2 aromatic carbocycles. The Bertz CT molecular complexity index is 980. The first-order valence-corrected chi connectivity index (χ1v) is 9.60. The standard InChI is InChI=1S/C19H17BrClN3O3/c1-25-17-7-13-16(8-18(17)27-12-4-5-26-9-12)22-10-23-19(13)24-11-2-3-14(20)15(21)6-11/h2-3,6-8,10,12H,4-5,9H2,1H3,(H,22,23,24)/t12-/m1/s1. The minimum absolute atomic E-state index is 0.0284. The fraction of sp³-hybridized carbons (Fsp3) is 0.263. The third kappa shape index (κ3) is 3.95. The SMILES string of the molecule is COc1cc2c(Nc3ccc(Br)c(Cl)c3)ncnc2cc1O[C@@H]1CCOC1. The number of ether oxygens (including phenoxy) is 3. The Labute approximate surface area is 169 Å². The zero-order chi connectivity index (χ0) is 18.8. The summed E-state index contributed by atoms with van der Waals surface area (Å²) in [6.45, 7) is 1.30. The highest BCUT2D eigenvalue weighted by Crippen LogP contribution is 2.36. The van der Waals surface area contributed by atoms with Gasteiger partial charge in [-0.05, 0) is 40.2 Å². The van der Waals surface area contributed by atoms with E-state index in [9.17, 15) is 0 Å². The van der Waals surface area contributed by atoms with Gasteiger partial charge in [0.2, 0.25) is 0 Å². The Hall–Kier alpha value is -2.09. The van der Waals surface area contributed by atoms with Crippen LogP contribution in [0.5, 0.6) is 11.5 Å². The molecule has 0 spiro atoms. The zero-order valence-electron chi connectivity index (χ0n) is 14.5. The first-order chi connectivity index (χ1) is 13.1. The van der Waals surface area contributed by atoms with Crippen LogP contribution in [0.1, 0.15) is 6.42 Å². The van der Waals surface area contributed by atoms with Crippen molar-refractivity contribution in [2.24, 2.45) is 0 Å². The monoisotopic (exact) mass is 449 g/mol. The molecule has 140 valence electrons. The van der Waals surface area contributed by atoms with Crippen molar-refractivity contribution in [2.75, 3.05) is 25.6 Å². The number of hydrogen-bond acceptors (Lipinski definition) is 6. The van der Waals surface area contributed by atoms with E-state index in [2.05, 4.69) is 31.2 Å². The molecule has 0 saturated carbocycles. The number of nitrogens with one attached hydrogen (secondary N) is 1. The van der Waals surface area contributed by atoms with Crippen LogP contribution in [-0.2, 0) is 4.74 Å². The Morgan fingerprint density at radius 1 is 1.22 bits per heavy atom. The van der Waals surface area contributed by atoms with E-state index < -0.39 is 0 Å². The highest BCUT2D eigenvalue weighted by Gasteiger charge is 2.20. The van der Waals surface area contributed by atoms with E-state index in [1.54, 1.807) is 7.11 Å². The summed E-state index contributed by atoms with van der Waals surface area (Å²) in [4.78, 5) is 8.74. The van der Waals surface area contributed by atoms with Gasteiger partial charge in [-0.15, -0.1) is 0 Å².